The van der Waals surface area contributed by atoms with Crippen molar-refractivity contribution in [2.45, 2.75) is 18.9 Å². The fourth-order valence-electron chi connectivity index (χ4n) is 3.34. The van der Waals surface area contributed by atoms with E-state index in [0.717, 1.165) is 18.7 Å². The number of hydrogen-bond donors (Lipinski definition) is 1. The first-order valence-electron chi connectivity index (χ1n) is 9.65. The van der Waals surface area contributed by atoms with Crippen molar-refractivity contribution in [2.24, 2.45) is 0 Å². The van der Waals surface area contributed by atoms with E-state index in [1.807, 2.05) is 0 Å². The van der Waals surface area contributed by atoms with Crippen LogP contribution in [0.5, 0.6) is 0 Å². The number of benzene rings is 2. The summed E-state index contributed by atoms with van der Waals surface area (Å²) < 4.78 is 18.7. The molecule has 7 heteroatoms. The lowest BCUT2D eigenvalue weighted by Gasteiger charge is -2.35. The van der Waals surface area contributed by atoms with Crippen molar-refractivity contribution in [3.8, 4) is 0 Å². The number of carbonyl (C=O) groups is 2. The number of carbonyl (C=O) groups excluding carboxylic acids is 2. The van der Waals surface area contributed by atoms with Gasteiger partial charge >= 0.3 is 0 Å². The lowest BCUT2D eigenvalue weighted by Crippen LogP contribution is -2.43. The molecule has 0 aromatic heterocycles. The predicted molar refractivity (Wildman–Crippen MR) is 110 cm³/mol. The van der Waals surface area contributed by atoms with Crippen molar-refractivity contribution in [1.29, 1.82) is 0 Å². The maximum Gasteiger partial charge on any atom is 0.220 e. The number of morpholine rings is 1. The largest absolute Gasteiger partial charge is 0.379 e. The summed E-state index contributed by atoms with van der Waals surface area (Å²) in [7, 11) is 0. The van der Waals surface area contributed by atoms with Crippen LogP contribution in [0.3, 0.4) is 0 Å². The zero-order valence-corrected chi connectivity index (χ0v) is 16.8. The smallest absolute Gasteiger partial charge is 0.220 e. The minimum Gasteiger partial charge on any atom is -0.379 e. The van der Waals surface area contributed by atoms with Crippen molar-refractivity contribution in [3.05, 3.63) is 70.5 Å². The second kappa shape index (κ2) is 10.5. The zero-order chi connectivity index (χ0) is 20.6. The molecule has 0 bridgehead atoms. The zero-order valence-electron chi connectivity index (χ0n) is 16.1. The summed E-state index contributed by atoms with van der Waals surface area (Å²) >= 11 is 5.83. The van der Waals surface area contributed by atoms with Gasteiger partial charge in [-0.25, -0.2) is 4.39 Å². The van der Waals surface area contributed by atoms with E-state index in [0.29, 0.717) is 30.3 Å². The number of halogens is 2. The van der Waals surface area contributed by atoms with Gasteiger partial charge in [-0.2, -0.15) is 0 Å². The second-order valence-corrected chi connectivity index (χ2v) is 7.39. The fourth-order valence-corrected chi connectivity index (χ4v) is 3.46. The monoisotopic (exact) mass is 418 g/mol. The molecule has 0 radical (unpaired) electrons. The highest BCUT2D eigenvalue weighted by molar-refractivity contribution is 6.30. The molecule has 5 nitrogen and oxygen atoms in total. The van der Waals surface area contributed by atoms with Gasteiger partial charge in [0.25, 0.3) is 0 Å². The Morgan fingerprint density at radius 2 is 1.69 bits per heavy atom. The summed E-state index contributed by atoms with van der Waals surface area (Å²) in [6.07, 6.45) is 0.243. The summed E-state index contributed by atoms with van der Waals surface area (Å²) in [5.74, 6) is -0.577. The van der Waals surface area contributed by atoms with E-state index in [2.05, 4.69) is 10.2 Å². The number of ether oxygens (including phenoxy) is 1. The van der Waals surface area contributed by atoms with Gasteiger partial charge in [-0.05, 0) is 42.0 Å². The molecule has 0 spiro atoms. The Morgan fingerprint density at radius 3 is 2.34 bits per heavy atom. The lowest BCUT2D eigenvalue weighted by molar-refractivity contribution is -0.121. The van der Waals surface area contributed by atoms with E-state index in [-0.39, 0.29) is 36.4 Å². The van der Waals surface area contributed by atoms with E-state index in [1.165, 1.54) is 12.1 Å². The number of hydrogen-bond acceptors (Lipinski definition) is 4. The number of Topliss-reactive ketones (excluding diaryl/α,β-unsaturated/α-hetero) is 1. The second-order valence-electron chi connectivity index (χ2n) is 6.95. The Balaban J connectivity index is 1.55. The van der Waals surface area contributed by atoms with Crippen LogP contribution in [-0.2, 0) is 9.53 Å². The van der Waals surface area contributed by atoms with Gasteiger partial charge in [0.1, 0.15) is 5.82 Å². The maximum atomic E-state index is 13.3. The van der Waals surface area contributed by atoms with Gasteiger partial charge in [0.05, 0.1) is 19.3 Å². The summed E-state index contributed by atoms with van der Waals surface area (Å²) in [6.45, 7) is 3.13. The quantitative estimate of drug-likeness (QED) is 0.665. The molecule has 1 atom stereocenters. The molecule has 0 saturated carbocycles. The molecule has 1 aliphatic rings. The number of amides is 1. The molecule has 2 aromatic rings. The number of ketones is 1. The van der Waals surface area contributed by atoms with E-state index in [4.69, 9.17) is 16.3 Å². The van der Waals surface area contributed by atoms with Crippen LogP contribution in [0, 0.1) is 5.82 Å². The van der Waals surface area contributed by atoms with Crippen molar-refractivity contribution in [2.75, 3.05) is 32.8 Å². The Hall–Kier alpha value is -2.28. The minimum absolute atomic E-state index is 0.0737. The molecule has 1 unspecified atom stereocenters. The molecule has 2 aromatic carbocycles. The molecular formula is C22H24ClFN2O3. The Bertz CT molecular complexity index is 821. The number of nitrogens with zero attached hydrogens (tertiary/aromatic N) is 1. The molecule has 1 aliphatic heterocycles. The first-order chi connectivity index (χ1) is 14.0. The Labute approximate surface area is 174 Å². The highest BCUT2D eigenvalue weighted by Crippen LogP contribution is 2.22. The van der Waals surface area contributed by atoms with Gasteiger partial charge in [0, 0.05) is 43.1 Å². The third-order valence-electron chi connectivity index (χ3n) is 4.98. The molecule has 1 heterocycles. The van der Waals surface area contributed by atoms with Crippen molar-refractivity contribution in [3.63, 3.8) is 0 Å². The molecule has 1 N–H and O–H groups in total. The molecule has 29 heavy (non-hydrogen) atoms. The highest BCUT2D eigenvalue weighted by Gasteiger charge is 2.23. The Morgan fingerprint density at radius 1 is 1.03 bits per heavy atom. The van der Waals surface area contributed by atoms with Gasteiger partial charge in [0.15, 0.2) is 5.78 Å². The van der Waals surface area contributed by atoms with Crippen LogP contribution in [0.1, 0.15) is 34.8 Å². The normalized spacial score (nSPS) is 15.7. The number of rotatable bonds is 8. The van der Waals surface area contributed by atoms with E-state index in [1.54, 1.807) is 36.4 Å². The summed E-state index contributed by atoms with van der Waals surface area (Å²) in [5.41, 5.74) is 1.48. The highest BCUT2D eigenvalue weighted by atomic mass is 35.5. The standard InChI is InChI=1S/C22H24ClFN2O3/c23-18-5-1-17(2-6-18)21(27)9-10-22(28)25-15-20(26-11-13-29-14-12-26)16-3-7-19(24)8-4-16/h1-8,20H,9-15H2,(H,25,28). The van der Waals surface area contributed by atoms with E-state index in [9.17, 15) is 14.0 Å². The van der Waals surface area contributed by atoms with E-state index >= 15 is 0 Å². The first-order valence-corrected chi connectivity index (χ1v) is 10.0. The molecule has 1 saturated heterocycles. The van der Waals surface area contributed by atoms with Gasteiger partial charge in [-0.1, -0.05) is 23.7 Å². The fraction of sp³-hybridized carbons (Fsp3) is 0.364. The summed E-state index contributed by atoms with van der Waals surface area (Å²) in [4.78, 5) is 26.8. The van der Waals surface area contributed by atoms with E-state index < -0.39 is 0 Å². The lowest BCUT2D eigenvalue weighted by atomic mass is 10.0. The van der Waals surface area contributed by atoms with Gasteiger partial charge < -0.3 is 10.1 Å². The average Bonchev–Trinajstić information content (AvgIpc) is 2.74. The third-order valence-corrected chi connectivity index (χ3v) is 5.23. The Kier molecular flexibility index (Phi) is 7.75. The molecular weight excluding hydrogens is 395 g/mol. The maximum absolute atomic E-state index is 13.3. The summed E-state index contributed by atoms with van der Waals surface area (Å²) in [5, 5.41) is 3.48. The van der Waals surface area contributed by atoms with Gasteiger partial charge in [-0.3, -0.25) is 14.5 Å². The van der Waals surface area contributed by atoms with Crippen molar-refractivity contribution >= 4 is 23.3 Å². The predicted octanol–water partition coefficient (Wildman–Crippen LogP) is 3.63. The molecule has 0 aliphatic carbocycles. The minimum atomic E-state index is -0.292. The van der Waals surface area contributed by atoms with Crippen LogP contribution in [0.4, 0.5) is 4.39 Å². The number of nitrogens with one attached hydrogen (secondary N) is 1. The summed E-state index contributed by atoms with van der Waals surface area (Å²) in [6, 6.07) is 12.9. The first kappa shape index (κ1) is 21.4. The molecule has 1 fully saturated rings. The van der Waals surface area contributed by atoms with Crippen LogP contribution < -0.4 is 5.32 Å². The topological polar surface area (TPSA) is 58.6 Å². The van der Waals surface area contributed by atoms with Crippen LogP contribution in [0.15, 0.2) is 48.5 Å². The average molecular weight is 419 g/mol. The van der Waals surface area contributed by atoms with Crippen LogP contribution in [0.2, 0.25) is 5.02 Å². The third kappa shape index (κ3) is 6.35. The van der Waals surface area contributed by atoms with Crippen molar-refractivity contribution < 1.29 is 18.7 Å². The SMILES string of the molecule is O=C(CCC(=O)c1ccc(Cl)cc1)NCC(c1ccc(F)cc1)N1CCOCC1. The van der Waals surface area contributed by atoms with Crippen molar-refractivity contribution in [1.82, 2.24) is 10.2 Å². The molecule has 154 valence electrons. The van der Waals surface area contributed by atoms with Crippen LogP contribution >= 0.6 is 11.6 Å². The van der Waals surface area contributed by atoms with Crippen LogP contribution in [-0.4, -0.2) is 49.4 Å². The van der Waals surface area contributed by atoms with Gasteiger partial charge in [0.2, 0.25) is 5.91 Å². The van der Waals surface area contributed by atoms with Crippen LogP contribution in [0.25, 0.3) is 0 Å². The molecule has 3 rings (SSSR count). The van der Waals surface area contributed by atoms with Gasteiger partial charge in [-0.15, -0.1) is 0 Å². The molecule has 1 amide bonds.